The lowest BCUT2D eigenvalue weighted by atomic mass is 10.1. The molecule has 1 saturated carbocycles. The fraction of sp³-hybridized carbons (Fsp3) is 0.500. The van der Waals surface area contributed by atoms with Gasteiger partial charge in [-0.1, -0.05) is 13.8 Å². The molecule has 2 aromatic rings. The lowest BCUT2D eigenvalue weighted by Crippen LogP contribution is -2.28. The molecular formula is C16H21N3O2. The molecule has 3 N–H and O–H groups in total. The van der Waals surface area contributed by atoms with Crippen LogP contribution < -0.4 is 11.1 Å². The van der Waals surface area contributed by atoms with E-state index in [9.17, 15) is 4.79 Å². The standard InChI is InChI=1S/C16H21N3O2/c1-9(2)16-19-13-7-11(5-6-14(13)21-16)18-15(20)8-12(17)10-3-4-10/h5-7,9-10,12H,3-4,8,17H2,1-2H3,(H,18,20). The van der Waals surface area contributed by atoms with Gasteiger partial charge in [-0.15, -0.1) is 0 Å². The van der Waals surface area contributed by atoms with Gasteiger partial charge >= 0.3 is 0 Å². The fourth-order valence-electron chi connectivity index (χ4n) is 2.39. The molecular weight excluding hydrogens is 266 g/mol. The maximum atomic E-state index is 12.0. The first kappa shape index (κ1) is 14.1. The van der Waals surface area contributed by atoms with Crippen molar-refractivity contribution in [1.29, 1.82) is 0 Å². The Balaban J connectivity index is 1.69. The number of aromatic nitrogens is 1. The number of carbonyl (C=O) groups excluding carboxylic acids is 1. The summed E-state index contributed by atoms with van der Waals surface area (Å²) in [6.07, 6.45) is 2.67. The summed E-state index contributed by atoms with van der Waals surface area (Å²) in [5.74, 6) is 1.44. The third-order valence-electron chi connectivity index (χ3n) is 3.83. The number of anilines is 1. The molecule has 1 aliphatic rings. The van der Waals surface area contributed by atoms with E-state index in [0.29, 0.717) is 18.2 Å². The second-order valence-electron chi connectivity index (χ2n) is 6.14. The van der Waals surface area contributed by atoms with Crippen LogP contribution in [0.25, 0.3) is 11.1 Å². The molecule has 112 valence electrons. The van der Waals surface area contributed by atoms with Gasteiger partial charge in [-0.2, -0.15) is 0 Å². The van der Waals surface area contributed by atoms with Crippen LogP contribution in [0.15, 0.2) is 22.6 Å². The van der Waals surface area contributed by atoms with Crippen LogP contribution >= 0.6 is 0 Å². The number of nitrogens with one attached hydrogen (secondary N) is 1. The first-order valence-electron chi connectivity index (χ1n) is 7.49. The minimum absolute atomic E-state index is 0.0201. The molecule has 1 aromatic heterocycles. The number of hydrogen-bond donors (Lipinski definition) is 2. The van der Waals surface area contributed by atoms with Crippen LogP contribution in [0.5, 0.6) is 0 Å². The van der Waals surface area contributed by atoms with Crippen LogP contribution in [-0.4, -0.2) is 16.9 Å². The first-order valence-corrected chi connectivity index (χ1v) is 7.49. The molecule has 0 radical (unpaired) electrons. The Morgan fingerprint density at radius 3 is 2.90 bits per heavy atom. The van der Waals surface area contributed by atoms with Crippen molar-refractivity contribution < 1.29 is 9.21 Å². The summed E-state index contributed by atoms with van der Waals surface area (Å²) in [6, 6.07) is 5.49. The second-order valence-corrected chi connectivity index (χ2v) is 6.14. The minimum Gasteiger partial charge on any atom is -0.440 e. The molecule has 1 unspecified atom stereocenters. The molecule has 1 heterocycles. The van der Waals surface area contributed by atoms with Crippen molar-refractivity contribution in [2.45, 2.75) is 45.1 Å². The number of fused-ring (bicyclic) bond motifs is 1. The highest BCUT2D eigenvalue weighted by atomic mass is 16.3. The summed E-state index contributed by atoms with van der Waals surface area (Å²) in [4.78, 5) is 16.4. The summed E-state index contributed by atoms with van der Waals surface area (Å²) in [7, 11) is 0. The molecule has 5 nitrogen and oxygen atoms in total. The maximum Gasteiger partial charge on any atom is 0.225 e. The van der Waals surface area contributed by atoms with Crippen molar-refractivity contribution >= 4 is 22.7 Å². The Morgan fingerprint density at radius 1 is 1.48 bits per heavy atom. The van der Waals surface area contributed by atoms with E-state index < -0.39 is 0 Å². The van der Waals surface area contributed by atoms with E-state index in [1.165, 1.54) is 0 Å². The topological polar surface area (TPSA) is 81.2 Å². The van der Waals surface area contributed by atoms with Gasteiger partial charge in [0.1, 0.15) is 5.52 Å². The quantitative estimate of drug-likeness (QED) is 0.885. The SMILES string of the molecule is CC(C)c1nc2cc(NC(=O)CC(N)C3CC3)ccc2o1. The van der Waals surface area contributed by atoms with E-state index in [1.54, 1.807) is 0 Å². The zero-order valence-corrected chi connectivity index (χ0v) is 12.4. The monoisotopic (exact) mass is 287 g/mol. The number of carbonyl (C=O) groups is 1. The molecule has 5 heteroatoms. The van der Waals surface area contributed by atoms with Gasteiger partial charge < -0.3 is 15.5 Å². The Kier molecular flexibility index (Phi) is 3.68. The Bertz CT molecular complexity index is 659. The summed E-state index contributed by atoms with van der Waals surface area (Å²) in [6.45, 7) is 4.07. The zero-order valence-electron chi connectivity index (χ0n) is 12.4. The van der Waals surface area contributed by atoms with E-state index in [2.05, 4.69) is 10.3 Å². The number of oxazole rings is 1. The van der Waals surface area contributed by atoms with Gasteiger partial charge in [-0.25, -0.2) is 4.98 Å². The van der Waals surface area contributed by atoms with Crippen LogP contribution in [0.1, 0.15) is 44.9 Å². The van der Waals surface area contributed by atoms with Gasteiger partial charge in [0.25, 0.3) is 0 Å². The van der Waals surface area contributed by atoms with Gasteiger partial charge in [-0.3, -0.25) is 4.79 Å². The van der Waals surface area contributed by atoms with Crippen LogP contribution in [0.4, 0.5) is 5.69 Å². The van der Waals surface area contributed by atoms with Crippen molar-refractivity contribution in [3.05, 3.63) is 24.1 Å². The highest BCUT2D eigenvalue weighted by Gasteiger charge is 2.29. The summed E-state index contributed by atoms with van der Waals surface area (Å²) in [5, 5.41) is 2.89. The molecule has 0 bridgehead atoms. The molecule has 21 heavy (non-hydrogen) atoms. The summed E-state index contributed by atoms with van der Waals surface area (Å²) in [5.41, 5.74) is 8.22. The highest BCUT2D eigenvalue weighted by molar-refractivity contribution is 5.93. The predicted octanol–water partition coefficient (Wildman–Crippen LogP) is 3.02. The molecule has 0 saturated heterocycles. The van der Waals surface area contributed by atoms with Gasteiger partial charge in [0, 0.05) is 24.1 Å². The molecule has 1 atom stereocenters. The molecule has 1 amide bonds. The third kappa shape index (κ3) is 3.24. The summed E-state index contributed by atoms with van der Waals surface area (Å²) >= 11 is 0. The van der Waals surface area contributed by atoms with Crippen molar-refractivity contribution in [3.8, 4) is 0 Å². The average molecular weight is 287 g/mol. The largest absolute Gasteiger partial charge is 0.440 e. The van der Waals surface area contributed by atoms with E-state index in [-0.39, 0.29) is 17.9 Å². The van der Waals surface area contributed by atoms with Crippen LogP contribution in [0.2, 0.25) is 0 Å². The number of hydrogen-bond acceptors (Lipinski definition) is 4. The molecule has 0 aliphatic heterocycles. The van der Waals surface area contributed by atoms with Crippen molar-refractivity contribution in [2.24, 2.45) is 11.7 Å². The van der Waals surface area contributed by atoms with Gasteiger partial charge in [0.2, 0.25) is 5.91 Å². The van der Waals surface area contributed by atoms with Crippen molar-refractivity contribution in [2.75, 3.05) is 5.32 Å². The number of amides is 1. The number of nitrogens with two attached hydrogens (primary N) is 1. The van der Waals surface area contributed by atoms with E-state index >= 15 is 0 Å². The fourth-order valence-corrected chi connectivity index (χ4v) is 2.39. The average Bonchev–Trinajstić information content (AvgIpc) is 3.18. The van der Waals surface area contributed by atoms with Crippen molar-refractivity contribution in [1.82, 2.24) is 4.98 Å². The lowest BCUT2D eigenvalue weighted by molar-refractivity contribution is -0.116. The first-order chi connectivity index (χ1) is 10.0. The second kappa shape index (κ2) is 5.48. The van der Waals surface area contributed by atoms with E-state index in [0.717, 1.165) is 29.6 Å². The highest BCUT2D eigenvalue weighted by Crippen LogP contribution is 2.33. The Labute approximate surface area is 123 Å². The Hall–Kier alpha value is -1.88. The van der Waals surface area contributed by atoms with Gasteiger partial charge in [0.05, 0.1) is 0 Å². The zero-order chi connectivity index (χ0) is 15.0. The normalized spacial score (nSPS) is 16.4. The number of nitrogens with zero attached hydrogens (tertiary/aromatic N) is 1. The molecule has 1 aliphatic carbocycles. The van der Waals surface area contributed by atoms with Crippen molar-refractivity contribution in [3.63, 3.8) is 0 Å². The third-order valence-corrected chi connectivity index (χ3v) is 3.83. The molecule has 0 spiro atoms. The number of benzene rings is 1. The van der Waals surface area contributed by atoms with Gasteiger partial charge in [-0.05, 0) is 37.0 Å². The van der Waals surface area contributed by atoms with E-state index in [1.807, 2.05) is 32.0 Å². The van der Waals surface area contributed by atoms with Crippen LogP contribution in [0, 0.1) is 5.92 Å². The Morgan fingerprint density at radius 2 is 2.24 bits per heavy atom. The molecule has 1 aromatic carbocycles. The smallest absolute Gasteiger partial charge is 0.225 e. The number of rotatable bonds is 5. The lowest BCUT2D eigenvalue weighted by Gasteiger charge is -2.10. The van der Waals surface area contributed by atoms with E-state index in [4.69, 9.17) is 10.2 Å². The minimum atomic E-state index is -0.0404. The predicted molar refractivity (Wildman–Crippen MR) is 82.0 cm³/mol. The maximum absolute atomic E-state index is 12.0. The molecule has 1 fully saturated rings. The molecule has 3 rings (SSSR count). The van der Waals surface area contributed by atoms with Gasteiger partial charge in [0.15, 0.2) is 11.5 Å². The van der Waals surface area contributed by atoms with Crippen LogP contribution in [0.3, 0.4) is 0 Å². The van der Waals surface area contributed by atoms with Crippen LogP contribution in [-0.2, 0) is 4.79 Å². The summed E-state index contributed by atoms with van der Waals surface area (Å²) < 4.78 is 5.65.